The van der Waals surface area contributed by atoms with Crippen LogP contribution in [-0.2, 0) is 9.59 Å². The van der Waals surface area contributed by atoms with Crippen LogP contribution in [0.5, 0.6) is 5.75 Å². The number of fused-ring (bicyclic) bond motifs is 1. The predicted molar refractivity (Wildman–Crippen MR) is 138 cm³/mol. The topological polar surface area (TPSA) is 79.7 Å². The van der Waals surface area contributed by atoms with Crippen LogP contribution in [0, 0.1) is 20.8 Å². The maximum atomic E-state index is 13.4. The van der Waals surface area contributed by atoms with Crippen LogP contribution in [0.25, 0.3) is 16.0 Å². The maximum Gasteiger partial charge on any atom is 0.301 e. The van der Waals surface area contributed by atoms with Gasteiger partial charge in [0, 0.05) is 5.56 Å². The van der Waals surface area contributed by atoms with Gasteiger partial charge in [-0.25, -0.2) is 4.98 Å². The molecule has 0 spiro atoms. The monoisotopic (exact) mass is 484 g/mol. The molecule has 3 aromatic carbocycles. The molecule has 1 unspecified atom stereocenters. The first-order chi connectivity index (χ1) is 16.8. The van der Waals surface area contributed by atoms with Gasteiger partial charge >= 0.3 is 5.91 Å². The summed E-state index contributed by atoms with van der Waals surface area (Å²) >= 11 is 1.36. The zero-order valence-electron chi connectivity index (χ0n) is 19.8. The third-order valence-corrected chi connectivity index (χ3v) is 7.23. The molecular formula is C28H24N2O4S. The van der Waals surface area contributed by atoms with E-state index < -0.39 is 17.7 Å². The molecule has 0 saturated carbocycles. The number of aromatic nitrogens is 1. The number of rotatable bonds is 4. The van der Waals surface area contributed by atoms with Crippen molar-refractivity contribution in [3.05, 3.63) is 94.1 Å². The van der Waals surface area contributed by atoms with Crippen molar-refractivity contribution in [1.29, 1.82) is 0 Å². The molecule has 1 atom stereocenters. The molecule has 1 amide bonds. The third kappa shape index (κ3) is 3.88. The van der Waals surface area contributed by atoms with Crippen LogP contribution in [0.3, 0.4) is 0 Å². The van der Waals surface area contributed by atoms with Gasteiger partial charge < -0.3 is 9.84 Å². The highest BCUT2D eigenvalue weighted by molar-refractivity contribution is 7.22. The van der Waals surface area contributed by atoms with Gasteiger partial charge in [0.1, 0.15) is 11.5 Å². The second-order valence-electron chi connectivity index (χ2n) is 8.73. The number of anilines is 1. The molecule has 1 aromatic heterocycles. The quantitative estimate of drug-likeness (QED) is 0.223. The van der Waals surface area contributed by atoms with Crippen molar-refractivity contribution >= 4 is 44.1 Å². The SMILES string of the molecule is COc1ccc(C2/C(=C(\O)c3ccc(C)cc3)C(=O)C(=O)N2c2nc3c(C)cc(C)cc3s2)cc1. The zero-order valence-corrected chi connectivity index (χ0v) is 20.6. The molecular weight excluding hydrogens is 460 g/mol. The molecule has 0 radical (unpaired) electrons. The number of benzene rings is 3. The molecule has 1 aliphatic heterocycles. The molecule has 35 heavy (non-hydrogen) atoms. The highest BCUT2D eigenvalue weighted by Crippen LogP contribution is 2.45. The van der Waals surface area contributed by atoms with Crippen LogP contribution in [0.1, 0.15) is 33.9 Å². The predicted octanol–water partition coefficient (Wildman–Crippen LogP) is 5.86. The van der Waals surface area contributed by atoms with E-state index in [2.05, 4.69) is 0 Å². The number of hydrogen-bond donors (Lipinski definition) is 1. The number of hydrogen-bond acceptors (Lipinski definition) is 6. The highest BCUT2D eigenvalue weighted by atomic mass is 32.1. The minimum absolute atomic E-state index is 0.0381. The summed E-state index contributed by atoms with van der Waals surface area (Å²) in [4.78, 5) is 32.9. The Hall–Kier alpha value is -3.97. The average molecular weight is 485 g/mol. The number of aliphatic hydroxyl groups is 1. The fourth-order valence-corrected chi connectivity index (χ4v) is 5.63. The number of carbonyl (C=O) groups is 2. The van der Waals surface area contributed by atoms with E-state index in [1.807, 2.05) is 45.0 Å². The number of Topliss-reactive ketones (excluding diaryl/α,β-unsaturated/α-hetero) is 1. The first-order valence-electron chi connectivity index (χ1n) is 11.2. The molecule has 2 heterocycles. The van der Waals surface area contributed by atoms with Gasteiger partial charge in [-0.3, -0.25) is 14.5 Å². The molecule has 0 bridgehead atoms. The Balaban J connectivity index is 1.73. The van der Waals surface area contributed by atoms with Gasteiger partial charge in [-0.15, -0.1) is 0 Å². The van der Waals surface area contributed by atoms with Crippen molar-refractivity contribution in [2.75, 3.05) is 12.0 Å². The van der Waals surface area contributed by atoms with Crippen LogP contribution in [-0.4, -0.2) is 28.9 Å². The first kappa shape index (κ1) is 22.8. The van der Waals surface area contributed by atoms with E-state index in [-0.39, 0.29) is 11.3 Å². The number of ether oxygens (including phenoxy) is 1. The van der Waals surface area contributed by atoms with Gasteiger partial charge in [0.25, 0.3) is 5.78 Å². The summed E-state index contributed by atoms with van der Waals surface area (Å²) in [5, 5.41) is 11.7. The largest absolute Gasteiger partial charge is 0.507 e. The Bertz CT molecular complexity index is 1500. The molecule has 176 valence electrons. The van der Waals surface area contributed by atoms with Crippen LogP contribution in [0.15, 0.2) is 66.2 Å². The Kier molecular flexibility index (Phi) is 5.65. The number of aliphatic hydroxyl groups excluding tert-OH is 1. The highest BCUT2D eigenvalue weighted by Gasteiger charge is 2.48. The van der Waals surface area contributed by atoms with Gasteiger partial charge in [-0.1, -0.05) is 59.4 Å². The summed E-state index contributed by atoms with van der Waals surface area (Å²) < 4.78 is 6.22. The molecule has 1 fully saturated rings. The van der Waals surface area contributed by atoms with Gasteiger partial charge in [0.15, 0.2) is 5.13 Å². The van der Waals surface area contributed by atoms with Crippen molar-refractivity contribution in [1.82, 2.24) is 4.98 Å². The van der Waals surface area contributed by atoms with E-state index in [1.165, 1.54) is 16.2 Å². The van der Waals surface area contributed by atoms with E-state index in [9.17, 15) is 14.7 Å². The molecule has 7 heteroatoms. The number of aryl methyl sites for hydroxylation is 3. The van der Waals surface area contributed by atoms with Crippen molar-refractivity contribution in [3.63, 3.8) is 0 Å². The van der Waals surface area contributed by atoms with E-state index in [4.69, 9.17) is 9.72 Å². The zero-order chi connectivity index (χ0) is 24.9. The lowest BCUT2D eigenvalue weighted by molar-refractivity contribution is -0.132. The minimum atomic E-state index is -0.829. The summed E-state index contributed by atoms with van der Waals surface area (Å²) in [6.45, 7) is 5.93. The standard InChI is InChI=1S/C28H24N2O4S/c1-15-5-7-19(8-6-15)25(31)22-24(18-9-11-20(34-4)12-10-18)30(27(33)26(22)32)28-29-23-17(3)13-16(2)14-21(23)35-28/h5-14,24,31H,1-4H3/b25-22+. The van der Waals surface area contributed by atoms with Gasteiger partial charge in [0.05, 0.1) is 28.9 Å². The lowest BCUT2D eigenvalue weighted by Crippen LogP contribution is -2.29. The fraction of sp³-hybridized carbons (Fsp3) is 0.179. The van der Waals surface area contributed by atoms with Crippen molar-refractivity contribution in [2.45, 2.75) is 26.8 Å². The van der Waals surface area contributed by atoms with Gasteiger partial charge in [0.2, 0.25) is 0 Å². The van der Waals surface area contributed by atoms with Crippen LogP contribution in [0.4, 0.5) is 5.13 Å². The Morgan fingerprint density at radius 2 is 1.66 bits per heavy atom. The Morgan fingerprint density at radius 1 is 0.971 bits per heavy atom. The molecule has 6 nitrogen and oxygen atoms in total. The van der Waals surface area contributed by atoms with Crippen LogP contribution in [0.2, 0.25) is 0 Å². The van der Waals surface area contributed by atoms with Crippen LogP contribution >= 0.6 is 11.3 Å². The van der Waals surface area contributed by atoms with Crippen LogP contribution < -0.4 is 9.64 Å². The Morgan fingerprint density at radius 3 is 2.31 bits per heavy atom. The maximum absolute atomic E-state index is 13.4. The van der Waals surface area contributed by atoms with Crippen molar-refractivity contribution < 1.29 is 19.4 Å². The van der Waals surface area contributed by atoms with E-state index >= 15 is 0 Å². The molecule has 4 aromatic rings. The molecule has 1 aliphatic rings. The normalized spacial score (nSPS) is 17.4. The number of nitrogens with zero attached hydrogens (tertiary/aromatic N) is 2. The van der Waals surface area contributed by atoms with Crippen molar-refractivity contribution in [3.8, 4) is 5.75 Å². The first-order valence-corrected chi connectivity index (χ1v) is 12.0. The summed E-state index contributed by atoms with van der Waals surface area (Å²) in [6.07, 6.45) is 0. The fourth-order valence-electron chi connectivity index (χ4n) is 4.46. The second kappa shape index (κ2) is 8.67. The van der Waals surface area contributed by atoms with Gasteiger partial charge in [-0.2, -0.15) is 0 Å². The number of amides is 1. The molecule has 0 aliphatic carbocycles. The number of methoxy groups -OCH3 is 1. The average Bonchev–Trinajstić information content (AvgIpc) is 3.38. The molecule has 1 N–H and O–H groups in total. The molecule has 5 rings (SSSR count). The Labute approximate surface area is 207 Å². The summed E-state index contributed by atoms with van der Waals surface area (Å²) in [5.41, 5.74) is 5.10. The number of ketones is 1. The van der Waals surface area contributed by atoms with Crippen molar-refractivity contribution in [2.24, 2.45) is 0 Å². The molecule has 1 saturated heterocycles. The summed E-state index contributed by atoms with van der Waals surface area (Å²) in [5.74, 6) is -1.01. The second-order valence-corrected chi connectivity index (χ2v) is 9.74. The van der Waals surface area contributed by atoms with E-state index in [0.29, 0.717) is 22.0 Å². The minimum Gasteiger partial charge on any atom is -0.507 e. The third-order valence-electron chi connectivity index (χ3n) is 6.23. The summed E-state index contributed by atoms with van der Waals surface area (Å²) in [6, 6.07) is 17.6. The smallest absolute Gasteiger partial charge is 0.301 e. The number of carbonyl (C=O) groups excluding carboxylic acids is 2. The summed E-state index contributed by atoms with van der Waals surface area (Å²) in [7, 11) is 1.57. The van der Waals surface area contributed by atoms with Gasteiger partial charge in [-0.05, 0) is 55.7 Å². The lowest BCUT2D eigenvalue weighted by atomic mass is 9.95. The van der Waals surface area contributed by atoms with E-state index in [1.54, 1.807) is 43.5 Å². The number of thiazole rings is 1. The lowest BCUT2D eigenvalue weighted by Gasteiger charge is -2.23. The van der Waals surface area contributed by atoms with E-state index in [0.717, 1.165) is 26.9 Å².